The lowest BCUT2D eigenvalue weighted by atomic mass is 9.99. The summed E-state index contributed by atoms with van der Waals surface area (Å²) in [5, 5.41) is 3.04. The van der Waals surface area contributed by atoms with E-state index in [9.17, 15) is 13.2 Å². The van der Waals surface area contributed by atoms with Crippen LogP contribution in [0.15, 0.2) is 72.8 Å². The molecule has 8 heteroatoms. The van der Waals surface area contributed by atoms with Crippen molar-refractivity contribution < 1.29 is 13.2 Å². The van der Waals surface area contributed by atoms with Crippen LogP contribution in [-0.2, 0) is 42.6 Å². The first-order valence-electron chi connectivity index (χ1n) is 13.2. The molecule has 3 aromatic rings. The smallest absolute Gasteiger partial charge is 0.251 e. The maximum Gasteiger partial charge on any atom is 0.251 e. The lowest BCUT2D eigenvalue weighted by Crippen LogP contribution is -2.47. The van der Waals surface area contributed by atoms with E-state index < -0.39 is 10.0 Å². The summed E-state index contributed by atoms with van der Waals surface area (Å²) in [5.41, 5.74) is 6.94. The van der Waals surface area contributed by atoms with Crippen LogP contribution in [0.2, 0.25) is 0 Å². The summed E-state index contributed by atoms with van der Waals surface area (Å²) in [6.45, 7) is 6.55. The molecule has 0 unspecified atom stereocenters. The number of fused-ring (bicyclic) bond motifs is 1. The number of rotatable bonds is 8. The standard InChI is InChI=1S/C30H36N4O3S/c1-38(36,37)34-17-15-32(16-18-34)22-26-5-4-8-28(19-26)30(35)31-20-24-9-11-25(12-10-24)21-33-14-13-27-6-2-3-7-29(27)23-33/h2-12,19H,13-18,20-23H2,1H3,(H,31,35). The van der Waals surface area contributed by atoms with Crippen LogP contribution in [0.5, 0.6) is 0 Å². The van der Waals surface area contributed by atoms with E-state index in [-0.39, 0.29) is 5.91 Å². The number of amides is 1. The summed E-state index contributed by atoms with van der Waals surface area (Å²) < 4.78 is 25.0. The Morgan fingerprint density at radius 2 is 1.45 bits per heavy atom. The first kappa shape index (κ1) is 26.6. The Morgan fingerprint density at radius 3 is 2.18 bits per heavy atom. The molecule has 0 saturated carbocycles. The zero-order valence-electron chi connectivity index (χ0n) is 22.0. The summed E-state index contributed by atoms with van der Waals surface area (Å²) >= 11 is 0. The number of carbonyl (C=O) groups is 1. The third kappa shape index (κ3) is 6.88. The minimum Gasteiger partial charge on any atom is -0.348 e. The predicted molar refractivity (Wildman–Crippen MR) is 150 cm³/mol. The second-order valence-corrected chi connectivity index (χ2v) is 12.3. The highest BCUT2D eigenvalue weighted by Gasteiger charge is 2.23. The molecule has 2 heterocycles. The summed E-state index contributed by atoms with van der Waals surface area (Å²) in [6, 6.07) is 24.9. The summed E-state index contributed by atoms with van der Waals surface area (Å²) in [5.74, 6) is -0.0928. The minimum absolute atomic E-state index is 0.0928. The number of hydrogen-bond acceptors (Lipinski definition) is 5. The molecule has 0 aromatic heterocycles. The van der Waals surface area contributed by atoms with Crippen LogP contribution in [0.3, 0.4) is 0 Å². The second-order valence-electron chi connectivity index (χ2n) is 10.4. The van der Waals surface area contributed by atoms with Crippen LogP contribution in [0, 0.1) is 0 Å². The van der Waals surface area contributed by atoms with Crippen molar-refractivity contribution in [2.24, 2.45) is 0 Å². The van der Waals surface area contributed by atoms with Gasteiger partial charge in [-0.2, -0.15) is 4.31 Å². The molecular weight excluding hydrogens is 496 g/mol. The Kier molecular flexibility index (Phi) is 8.24. The van der Waals surface area contributed by atoms with E-state index in [1.165, 1.54) is 27.3 Å². The zero-order chi connectivity index (χ0) is 26.5. The van der Waals surface area contributed by atoms with Gasteiger partial charge in [-0.25, -0.2) is 8.42 Å². The van der Waals surface area contributed by atoms with Crippen molar-refractivity contribution in [1.82, 2.24) is 19.4 Å². The molecule has 3 aromatic carbocycles. The van der Waals surface area contributed by atoms with Crippen molar-refractivity contribution in [3.63, 3.8) is 0 Å². The van der Waals surface area contributed by atoms with E-state index in [4.69, 9.17) is 0 Å². The normalized spacial score (nSPS) is 17.2. The van der Waals surface area contributed by atoms with E-state index >= 15 is 0 Å². The summed E-state index contributed by atoms with van der Waals surface area (Å²) in [6.07, 6.45) is 2.36. The van der Waals surface area contributed by atoms with Crippen LogP contribution in [0.25, 0.3) is 0 Å². The van der Waals surface area contributed by atoms with Gasteiger partial charge in [-0.05, 0) is 46.4 Å². The average Bonchev–Trinajstić information content (AvgIpc) is 2.92. The fourth-order valence-electron chi connectivity index (χ4n) is 5.28. The van der Waals surface area contributed by atoms with Crippen molar-refractivity contribution in [3.8, 4) is 0 Å². The Balaban J connectivity index is 1.10. The van der Waals surface area contributed by atoms with Crippen LogP contribution >= 0.6 is 0 Å². The van der Waals surface area contributed by atoms with Gasteiger partial charge >= 0.3 is 0 Å². The molecule has 38 heavy (non-hydrogen) atoms. The third-order valence-electron chi connectivity index (χ3n) is 7.49. The Labute approximate surface area is 226 Å². The fourth-order valence-corrected chi connectivity index (χ4v) is 6.11. The number of carbonyl (C=O) groups excluding carboxylic acids is 1. The van der Waals surface area contributed by atoms with Gasteiger partial charge in [-0.1, -0.05) is 60.7 Å². The molecule has 1 fully saturated rings. The monoisotopic (exact) mass is 532 g/mol. The molecule has 1 N–H and O–H groups in total. The van der Waals surface area contributed by atoms with Gasteiger partial charge in [0.05, 0.1) is 6.26 Å². The summed E-state index contributed by atoms with van der Waals surface area (Å²) in [7, 11) is -3.14. The van der Waals surface area contributed by atoms with Gasteiger partial charge in [0.25, 0.3) is 5.91 Å². The van der Waals surface area contributed by atoms with Crippen molar-refractivity contribution in [2.75, 3.05) is 39.0 Å². The van der Waals surface area contributed by atoms with Gasteiger partial charge < -0.3 is 5.32 Å². The van der Waals surface area contributed by atoms with Crippen LogP contribution in [-0.4, -0.2) is 67.4 Å². The number of benzene rings is 3. The number of sulfonamides is 1. The maximum absolute atomic E-state index is 12.8. The van der Waals surface area contributed by atoms with Crippen molar-refractivity contribution >= 4 is 15.9 Å². The molecule has 0 atom stereocenters. The predicted octanol–water partition coefficient (Wildman–Crippen LogP) is 3.25. The molecule has 0 radical (unpaired) electrons. The van der Waals surface area contributed by atoms with Gasteiger partial charge in [-0.15, -0.1) is 0 Å². The van der Waals surface area contributed by atoms with Gasteiger partial charge in [0, 0.05) is 64.5 Å². The first-order valence-corrected chi connectivity index (χ1v) is 15.1. The van der Waals surface area contributed by atoms with Crippen molar-refractivity contribution in [1.29, 1.82) is 0 Å². The zero-order valence-corrected chi connectivity index (χ0v) is 22.8. The van der Waals surface area contributed by atoms with Gasteiger partial charge in [0.2, 0.25) is 10.0 Å². The lowest BCUT2D eigenvalue weighted by Gasteiger charge is -2.33. The van der Waals surface area contributed by atoms with Crippen LogP contribution in [0.4, 0.5) is 0 Å². The Bertz CT molecular complexity index is 1370. The molecule has 0 spiro atoms. The maximum atomic E-state index is 12.8. The topological polar surface area (TPSA) is 73.0 Å². The first-order chi connectivity index (χ1) is 18.3. The third-order valence-corrected chi connectivity index (χ3v) is 8.79. The van der Waals surface area contributed by atoms with Crippen molar-refractivity contribution in [2.45, 2.75) is 32.6 Å². The SMILES string of the molecule is CS(=O)(=O)N1CCN(Cc2cccc(C(=O)NCc3ccc(CN4CCc5ccccc5C4)cc3)c2)CC1. The lowest BCUT2D eigenvalue weighted by molar-refractivity contribution is 0.0950. The van der Waals surface area contributed by atoms with E-state index in [2.05, 4.69) is 63.6 Å². The van der Waals surface area contributed by atoms with Crippen molar-refractivity contribution in [3.05, 3.63) is 106 Å². The molecule has 0 bridgehead atoms. The number of piperazine rings is 1. The molecule has 5 rings (SSSR count). The quantitative estimate of drug-likeness (QED) is 0.482. The van der Waals surface area contributed by atoms with Gasteiger partial charge in [0.1, 0.15) is 0 Å². The van der Waals surface area contributed by atoms with Crippen LogP contribution < -0.4 is 5.32 Å². The van der Waals surface area contributed by atoms with E-state index in [1.807, 2.05) is 24.3 Å². The fraction of sp³-hybridized carbons (Fsp3) is 0.367. The molecule has 1 amide bonds. The highest BCUT2D eigenvalue weighted by atomic mass is 32.2. The number of hydrogen-bond donors (Lipinski definition) is 1. The van der Waals surface area contributed by atoms with Crippen LogP contribution in [0.1, 0.15) is 38.2 Å². The molecule has 0 aliphatic carbocycles. The number of nitrogens with one attached hydrogen (secondary N) is 1. The van der Waals surface area contributed by atoms with Gasteiger partial charge in [-0.3, -0.25) is 14.6 Å². The summed E-state index contributed by atoms with van der Waals surface area (Å²) in [4.78, 5) is 17.6. The highest BCUT2D eigenvalue weighted by Crippen LogP contribution is 2.20. The Morgan fingerprint density at radius 1 is 0.763 bits per heavy atom. The van der Waals surface area contributed by atoms with E-state index in [0.717, 1.165) is 37.2 Å². The highest BCUT2D eigenvalue weighted by molar-refractivity contribution is 7.88. The molecule has 2 aliphatic heterocycles. The molecule has 7 nitrogen and oxygen atoms in total. The molecular formula is C30H36N4O3S. The largest absolute Gasteiger partial charge is 0.348 e. The van der Waals surface area contributed by atoms with Gasteiger partial charge in [0.15, 0.2) is 0 Å². The molecule has 2 aliphatic rings. The number of nitrogens with zero attached hydrogens (tertiary/aromatic N) is 3. The van der Waals surface area contributed by atoms with E-state index in [0.29, 0.717) is 44.8 Å². The average molecular weight is 533 g/mol. The van der Waals surface area contributed by atoms with E-state index in [1.54, 1.807) is 0 Å². The molecule has 200 valence electrons. The minimum atomic E-state index is -3.14. The second kappa shape index (κ2) is 11.8. The Hall–Kier alpha value is -3.04. The molecule has 1 saturated heterocycles.